The Morgan fingerprint density at radius 1 is 0.452 bits per heavy atom. The molecule has 15 heteroatoms. The van der Waals surface area contributed by atoms with E-state index in [-0.39, 0.29) is 0 Å². The maximum atomic E-state index is 6.21. The van der Waals surface area contributed by atoms with Crippen LogP contribution in [0.3, 0.4) is 0 Å². The summed E-state index contributed by atoms with van der Waals surface area (Å²) in [7, 11) is 0. The molecule has 3 aliphatic rings. The average molecular weight is 1030 g/mol. The van der Waals surface area contributed by atoms with E-state index < -0.39 is 0 Å². The highest BCUT2D eigenvalue weighted by Crippen LogP contribution is 2.41. The maximum absolute atomic E-state index is 6.21. The fourth-order valence-electron chi connectivity index (χ4n) is 10.6. The van der Waals surface area contributed by atoms with Gasteiger partial charge in [0.1, 0.15) is 17.5 Å². The Balaban J connectivity index is 0.000000106. The Kier molecular flexibility index (Phi) is 11.9. The molecular weight excluding hydrogens is 989 g/mol. The number of aromatic nitrogens is 11. The summed E-state index contributed by atoms with van der Waals surface area (Å²) < 4.78 is 8.23. The van der Waals surface area contributed by atoms with E-state index in [1.165, 1.54) is 27.5 Å². The number of benzene rings is 6. The van der Waals surface area contributed by atoms with E-state index in [0.29, 0.717) is 0 Å². The third-order valence-electron chi connectivity index (χ3n) is 13.8. The van der Waals surface area contributed by atoms with Crippen LogP contribution in [0.2, 0.25) is 15.1 Å². The van der Waals surface area contributed by atoms with Crippen LogP contribution in [0.4, 0.5) is 0 Å². The summed E-state index contributed by atoms with van der Waals surface area (Å²) in [6.07, 6.45) is 11.8. The fraction of sp³-hybridized carbons (Fsp3) is 0.155. The standard InChI is InChI=1S/C20H15ClN4.C19H15ClN4.C19H14ClN3S/c21-15-4-1-3-13(11-15)19-20(25-10-2-5-18(25)24-19)14-6-7-16-17(12-14)23-9-8-22-16;20-15-4-1-3-12(9-15)18-19(24-8-2-5-17(24)22-18)13-6-7-14-11-21-23-16(14)10-13;20-14-4-1-3-12(9-14)18-19(23-8-2-5-17(23)22-18)13-6-7-15-16(10-13)24-11-21-15/h1,3-4,6-9,11-12H,2,5,10H2;1,3-4,6-7,9-11H,2,5,8H2,(H,21,23);1,3-4,6-7,9-11H,2,5,8H2. The minimum Gasteiger partial charge on any atom is -0.327 e. The van der Waals surface area contributed by atoms with E-state index in [9.17, 15) is 0 Å². The maximum Gasteiger partial charge on any atom is 0.109 e. The Labute approximate surface area is 439 Å². The summed E-state index contributed by atoms with van der Waals surface area (Å²) in [6, 6.07) is 42.9. The molecule has 73 heavy (non-hydrogen) atoms. The van der Waals surface area contributed by atoms with Crippen molar-refractivity contribution in [3.05, 3.63) is 184 Å². The summed E-state index contributed by atoms with van der Waals surface area (Å²) in [5.41, 5.74) is 18.9. The van der Waals surface area contributed by atoms with Crippen LogP contribution in [0, 0.1) is 0 Å². The number of hydrogen-bond donors (Lipinski definition) is 1. The van der Waals surface area contributed by atoms with E-state index in [0.717, 1.165) is 163 Å². The van der Waals surface area contributed by atoms with E-state index in [1.54, 1.807) is 23.7 Å². The number of halogens is 3. The number of hydrogen-bond acceptors (Lipinski definition) is 8. The Bertz CT molecular complexity index is 3880. The summed E-state index contributed by atoms with van der Waals surface area (Å²) in [6.45, 7) is 3.04. The molecule has 0 fully saturated rings. The molecule has 11 nitrogen and oxygen atoms in total. The van der Waals surface area contributed by atoms with Gasteiger partial charge in [0.2, 0.25) is 0 Å². The van der Waals surface area contributed by atoms with Crippen LogP contribution >= 0.6 is 46.1 Å². The first-order valence-corrected chi connectivity index (χ1v) is 26.4. The number of rotatable bonds is 6. The summed E-state index contributed by atoms with van der Waals surface area (Å²) in [5, 5.41) is 10.5. The number of nitrogens with zero attached hydrogens (tertiary/aromatic N) is 10. The lowest BCUT2D eigenvalue weighted by atomic mass is 10.0. The molecule has 358 valence electrons. The van der Waals surface area contributed by atoms with Gasteiger partial charge >= 0.3 is 0 Å². The van der Waals surface area contributed by atoms with Crippen molar-refractivity contribution in [3.63, 3.8) is 0 Å². The lowest BCUT2D eigenvalue weighted by Crippen LogP contribution is -1.97. The highest BCUT2D eigenvalue weighted by Gasteiger charge is 2.26. The molecule has 0 amide bonds. The molecule has 0 unspecified atom stereocenters. The van der Waals surface area contributed by atoms with Crippen LogP contribution in [0.15, 0.2) is 151 Å². The predicted molar refractivity (Wildman–Crippen MR) is 295 cm³/mol. The molecule has 6 aromatic carbocycles. The highest BCUT2D eigenvalue weighted by molar-refractivity contribution is 7.16. The number of thiazole rings is 1. The van der Waals surface area contributed by atoms with Gasteiger partial charge in [-0.05, 0) is 86.0 Å². The van der Waals surface area contributed by atoms with Gasteiger partial charge in [0.15, 0.2) is 0 Å². The number of aryl methyl sites for hydroxylation is 3. The number of H-pyrrole nitrogens is 1. The molecule has 0 spiro atoms. The van der Waals surface area contributed by atoms with Crippen LogP contribution in [-0.2, 0) is 38.9 Å². The van der Waals surface area contributed by atoms with Gasteiger partial charge in [-0.3, -0.25) is 15.1 Å². The minimum absolute atomic E-state index is 0.723. The zero-order valence-electron chi connectivity index (χ0n) is 39.3. The number of nitrogens with one attached hydrogen (secondary N) is 1. The molecule has 3 aliphatic heterocycles. The molecule has 6 aromatic heterocycles. The van der Waals surface area contributed by atoms with Crippen LogP contribution in [0.1, 0.15) is 36.7 Å². The molecule has 1 N–H and O–H groups in total. The lowest BCUT2D eigenvalue weighted by Gasteiger charge is -2.09. The summed E-state index contributed by atoms with van der Waals surface area (Å²) in [4.78, 5) is 28.0. The van der Waals surface area contributed by atoms with Crippen molar-refractivity contribution in [2.45, 2.75) is 58.2 Å². The van der Waals surface area contributed by atoms with Crippen molar-refractivity contribution in [2.24, 2.45) is 0 Å². The van der Waals surface area contributed by atoms with Crippen molar-refractivity contribution >= 4 is 78.3 Å². The first-order valence-electron chi connectivity index (χ1n) is 24.4. The second-order valence-corrected chi connectivity index (χ2v) is 20.6. The molecule has 0 saturated heterocycles. The van der Waals surface area contributed by atoms with Crippen LogP contribution in [0.5, 0.6) is 0 Å². The Hall–Kier alpha value is -7.48. The van der Waals surface area contributed by atoms with Gasteiger partial charge in [-0.1, -0.05) is 95.5 Å². The molecule has 0 atom stereocenters. The molecule has 0 aliphatic carbocycles. The van der Waals surface area contributed by atoms with Crippen molar-refractivity contribution < 1.29 is 0 Å². The van der Waals surface area contributed by atoms with Gasteiger partial charge in [0, 0.05) is 105 Å². The van der Waals surface area contributed by atoms with Gasteiger partial charge in [-0.2, -0.15) is 5.10 Å². The normalized spacial score (nSPS) is 13.5. The molecule has 12 aromatic rings. The minimum atomic E-state index is 0.723. The zero-order chi connectivity index (χ0) is 49.0. The Morgan fingerprint density at radius 2 is 0.932 bits per heavy atom. The first-order chi connectivity index (χ1) is 35.9. The van der Waals surface area contributed by atoms with Crippen LogP contribution in [-0.4, -0.2) is 53.8 Å². The molecule has 0 radical (unpaired) electrons. The molecule has 15 rings (SSSR count). The molecule has 0 bridgehead atoms. The van der Waals surface area contributed by atoms with Gasteiger partial charge < -0.3 is 13.7 Å². The average Bonchev–Trinajstić information content (AvgIpc) is 4.27. The van der Waals surface area contributed by atoms with Crippen molar-refractivity contribution in [3.8, 4) is 67.5 Å². The quantitative estimate of drug-likeness (QED) is 0.176. The zero-order valence-corrected chi connectivity index (χ0v) is 42.4. The second kappa shape index (κ2) is 19.2. The van der Waals surface area contributed by atoms with E-state index >= 15 is 0 Å². The first kappa shape index (κ1) is 45.4. The van der Waals surface area contributed by atoms with Gasteiger partial charge in [-0.15, -0.1) is 11.3 Å². The van der Waals surface area contributed by atoms with E-state index in [2.05, 4.69) is 106 Å². The Morgan fingerprint density at radius 3 is 1.47 bits per heavy atom. The van der Waals surface area contributed by atoms with Crippen molar-refractivity contribution in [2.75, 3.05) is 0 Å². The third kappa shape index (κ3) is 8.67. The fourth-order valence-corrected chi connectivity index (χ4v) is 11.9. The van der Waals surface area contributed by atoms with Gasteiger partial charge in [0.25, 0.3) is 0 Å². The van der Waals surface area contributed by atoms with Crippen LogP contribution < -0.4 is 0 Å². The number of imidazole rings is 3. The monoisotopic (exact) mass is 1030 g/mol. The van der Waals surface area contributed by atoms with Crippen LogP contribution in [0.25, 0.3) is 99.7 Å². The number of fused-ring (bicyclic) bond motifs is 6. The largest absolute Gasteiger partial charge is 0.327 e. The van der Waals surface area contributed by atoms with Gasteiger partial charge in [0.05, 0.1) is 72.6 Å². The molecular formula is C58H44Cl3N11S. The third-order valence-corrected chi connectivity index (χ3v) is 15.3. The van der Waals surface area contributed by atoms with E-state index in [4.69, 9.17) is 49.8 Å². The van der Waals surface area contributed by atoms with Crippen molar-refractivity contribution in [1.82, 2.24) is 53.8 Å². The summed E-state index contributed by atoms with van der Waals surface area (Å²) >= 11 is 20.3. The predicted octanol–water partition coefficient (Wildman–Crippen LogP) is 14.9. The van der Waals surface area contributed by atoms with Gasteiger partial charge in [-0.25, -0.2) is 19.9 Å². The van der Waals surface area contributed by atoms with Crippen molar-refractivity contribution in [1.29, 1.82) is 0 Å². The topological polar surface area (TPSA) is 121 Å². The number of aromatic amines is 1. The molecule has 0 saturated carbocycles. The summed E-state index contributed by atoms with van der Waals surface area (Å²) in [5.74, 6) is 3.47. The highest BCUT2D eigenvalue weighted by atomic mass is 35.5. The molecule has 9 heterocycles. The lowest BCUT2D eigenvalue weighted by molar-refractivity contribution is 0.756. The smallest absolute Gasteiger partial charge is 0.109 e. The van der Waals surface area contributed by atoms with E-state index in [1.807, 2.05) is 72.4 Å². The second-order valence-electron chi connectivity index (χ2n) is 18.4. The SMILES string of the molecule is Clc1cccc(-c2nc3n(c2-c2ccc4cn[nH]c4c2)CCC3)c1.Clc1cccc(-c2nc3n(c2-c2ccc4nccnc4c2)CCC3)c1.Clc1cccc(-c2nc3n(c2-c2ccc4ncsc4c2)CCC3)c1.